The Hall–Kier alpha value is -3.02. The minimum absolute atomic E-state index is 0.279. The number of urea groups is 1. The summed E-state index contributed by atoms with van der Waals surface area (Å²) < 4.78 is 13.2. The number of amides is 3. The maximum Gasteiger partial charge on any atom is 0.325 e. The van der Waals surface area contributed by atoms with Gasteiger partial charge in [-0.25, -0.2) is 9.18 Å². The van der Waals surface area contributed by atoms with E-state index in [0.717, 1.165) is 22.4 Å². The van der Waals surface area contributed by atoms with Crippen LogP contribution in [0.25, 0.3) is 0 Å². The fraction of sp³-hybridized carbons (Fsp3) is 0.318. The Labute approximate surface area is 163 Å². The van der Waals surface area contributed by atoms with Gasteiger partial charge in [0.1, 0.15) is 11.4 Å². The van der Waals surface area contributed by atoms with Crippen LogP contribution in [0.3, 0.4) is 0 Å². The number of benzene rings is 2. The first-order valence-corrected chi connectivity index (χ1v) is 9.35. The van der Waals surface area contributed by atoms with Crippen molar-refractivity contribution in [2.24, 2.45) is 0 Å². The second-order valence-electron chi connectivity index (χ2n) is 7.08. The topological polar surface area (TPSA) is 66.5 Å². The summed E-state index contributed by atoms with van der Waals surface area (Å²) in [5, 5.41) is 2.64. The van der Waals surface area contributed by atoms with Crippen molar-refractivity contribution in [3.8, 4) is 0 Å². The van der Waals surface area contributed by atoms with Gasteiger partial charge in [-0.2, -0.15) is 0 Å². The Morgan fingerprint density at radius 2 is 1.75 bits per heavy atom. The third kappa shape index (κ3) is 3.42. The molecule has 1 fully saturated rings. The van der Waals surface area contributed by atoms with Crippen molar-refractivity contribution in [3.63, 3.8) is 0 Å². The summed E-state index contributed by atoms with van der Waals surface area (Å²) in [7, 11) is 0. The molecule has 1 aliphatic rings. The van der Waals surface area contributed by atoms with E-state index in [1.165, 1.54) is 24.3 Å². The van der Waals surface area contributed by atoms with Crippen LogP contribution in [0, 0.1) is 5.82 Å². The molecule has 1 heterocycles. The number of hydrogen-bond donors (Lipinski definition) is 1. The molecule has 0 radical (unpaired) electrons. The largest absolute Gasteiger partial charge is 0.325 e. The monoisotopic (exact) mass is 382 g/mol. The normalized spacial score (nSPS) is 19.1. The van der Waals surface area contributed by atoms with Crippen LogP contribution in [0.2, 0.25) is 0 Å². The summed E-state index contributed by atoms with van der Waals surface area (Å²) in [4.78, 5) is 39.3. The van der Waals surface area contributed by atoms with Gasteiger partial charge in [0.05, 0.1) is 6.54 Å². The fourth-order valence-corrected chi connectivity index (χ4v) is 3.46. The molecule has 6 heteroatoms. The average Bonchev–Trinajstić information content (AvgIpc) is 2.91. The molecule has 3 amide bonds. The maximum atomic E-state index is 13.2. The number of nitrogens with zero attached hydrogens (tertiary/aromatic N) is 1. The zero-order chi connectivity index (χ0) is 20.5. The van der Waals surface area contributed by atoms with E-state index in [0.29, 0.717) is 17.5 Å². The quantitative estimate of drug-likeness (QED) is 0.613. The lowest BCUT2D eigenvalue weighted by atomic mass is 9.92. The average molecular weight is 382 g/mol. The number of halogens is 1. The molecule has 1 unspecified atom stereocenters. The Kier molecular flexibility index (Phi) is 5.31. The Bertz CT molecular complexity index is 939. The lowest BCUT2D eigenvalue weighted by Gasteiger charge is -2.22. The first-order chi connectivity index (χ1) is 13.3. The highest BCUT2D eigenvalue weighted by Gasteiger charge is 2.49. The van der Waals surface area contributed by atoms with Crippen molar-refractivity contribution < 1.29 is 18.8 Å². The standard InChI is InChI=1S/C22H23FN2O3/c1-4-14-6-7-15(5-2)18(12-14)19(26)13-25-20(27)22(3,24-21(25)28)16-8-10-17(23)11-9-16/h6-12H,4-5,13H2,1-3H3,(H,24,28). The molecule has 0 saturated carbocycles. The number of carbonyl (C=O) groups is 3. The third-order valence-corrected chi connectivity index (χ3v) is 5.26. The predicted molar refractivity (Wildman–Crippen MR) is 104 cm³/mol. The predicted octanol–water partition coefficient (Wildman–Crippen LogP) is 3.60. The van der Waals surface area contributed by atoms with Crippen molar-refractivity contribution >= 4 is 17.7 Å². The molecule has 1 saturated heterocycles. The smallest absolute Gasteiger partial charge is 0.319 e. The van der Waals surface area contributed by atoms with Crippen molar-refractivity contribution in [1.29, 1.82) is 0 Å². The second-order valence-corrected chi connectivity index (χ2v) is 7.08. The van der Waals surface area contributed by atoms with Crippen LogP contribution >= 0.6 is 0 Å². The highest BCUT2D eigenvalue weighted by Crippen LogP contribution is 2.29. The van der Waals surface area contributed by atoms with E-state index in [1.54, 1.807) is 6.92 Å². The summed E-state index contributed by atoms with van der Waals surface area (Å²) in [6.45, 7) is 5.18. The first-order valence-electron chi connectivity index (χ1n) is 9.35. The van der Waals surface area contributed by atoms with Crippen LogP contribution in [0.15, 0.2) is 42.5 Å². The van der Waals surface area contributed by atoms with Gasteiger partial charge < -0.3 is 5.32 Å². The zero-order valence-electron chi connectivity index (χ0n) is 16.2. The van der Waals surface area contributed by atoms with E-state index in [1.807, 2.05) is 32.0 Å². The fourth-order valence-electron chi connectivity index (χ4n) is 3.46. The molecule has 2 aromatic carbocycles. The number of ketones is 1. The minimum atomic E-state index is -1.33. The maximum absolute atomic E-state index is 13.2. The molecule has 1 aliphatic heterocycles. The number of rotatable bonds is 6. The first kappa shape index (κ1) is 19.7. The second kappa shape index (κ2) is 7.54. The van der Waals surface area contributed by atoms with Gasteiger partial charge in [0.25, 0.3) is 5.91 Å². The summed E-state index contributed by atoms with van der Waals surface area (Å²) >= 11 is 0. The molecule has 0 aliphatic carbocycles. The summed E-state index contributed by atoms with van der Waals surface area (Å²) in [5.74, 6) is -1.24. The molecule has 146 valence electrons. The van der Waals surface area contributed by atoms with Crippen LogP contribution in [-0.4, -0.2) is 29.2 Å². The number of hydrogen-bond acceptors (Lipinski definition) is 3. The van der Waals surface area contributed by atoms with Gasteiger partial charge in [0, 0.05) is 5.56 Å². The number of Topliss-reactive ketones (excluding diaryl/α,β-unsaturated/α-hetero) is 1. The Balaban J connectivity index is 1.87. The van der Waals surface area contributed by atoms with Gasteiger partial charge in [-0.05, 0) is 54.7 Å². The van der Waals surface area contributed by atoms with Gasteiger partial charge >= 0.3 is 6.03 Å². The lowest BCUT2D eigenvalue weighted by Crippen LogP contribution is -2.41. The summed E-state index contributed by atoms with van der Waals surface area (Å²) in [5.41, 5.74) is 1.58. The molecule has 1 N–H and O–H groups in total. The Morgan fingerprint density at radius 3 is 2.36 bits per heavy atom. The molecule has 1 atom stereocenters. The van der Waals surface area contributed by atoms with Crippen LogP contribution in [0.4, 0.5) is 9.18 Å². The molecular weight excluding hydrogens is 359 g/mol. The summed E-state index contributed by atoms with van der Waals surface area (Å²) in [6, 6.07) is 10.5. The van der Waals surface area contributed by atoms with E-state index in [9.17, 15) is 18.8 Å². The van der Waals surface area contributed by atoms with Crippen molar-refractivity contribution in [1.82, 2.24) is 10.2 Å². The molecule has 0 bridgehead atoms. The molecule has 3 rings (SSSR count). The van der Waals surface area contributed by atoms with Crippen LogP contribution in [0.1, 0.15) is 47.8 Å². The van der Waals surface area contributed by atoms with E-state index in [-0.39, 0.29) is 12.3 Å². The number of carbonyl (C=O) groups excluding carboxylic acids is 3. The summed E-state index contributed by atoms with van der Waals surface area (Å²) in [6.07, 6.45) is 1.47. The van der Waals surface area contributed by atoms with Gasteiger partial charge in [0.15, 0.2) is 5.78 Å². The molecule has 0 aromatic heterocycles. The molecule has 28 heavy (non-hydrogen) atoms. The van der Waals surface area contributed by atoms with E-state index in [2.05, 4.69) is 5.32 Å². The SMILES string of the molecule is CCc1ccc(CC)c(C(=O)CN2C(=O)NC(C)(c3ccc(F)cc3)C2=O)c1. The van der Waals surface area contributed by atoms with Crippen LogP contribution in [-0.2, 0) is 23.2 Å². The molecule has 0 spiro atoms. The zero-order valence-corrected chi connectivity index (χ0v) is 16.2. The number of nitrogens with one attached hydrogen (secondary N) is 1. The van der Waals surface area contributed by atoms with Crippen LogP contribution in [0.5, 0.6) is 0 Å². The highest BCUT2D eigenvalue weighted by molar-refractivity contribution is 6.11. The number of imide groups is 1. The van der Waals surface area contributed by atoms with Crippen molar-refractivity contribution in [2.75, 3.05) is 6.54 Å². The number of aryl methyl sites for hydroxylation is 2. The van der Waals surface area contributed by atoms with Crippen LogP contribution < -0.4 is 5.32 Å². The van der Waals surface area contributed by atoms with Gasteiger partial charge in [-0.1, -0.05) is 38.1 Å². The van der Waals surface area contributed by atoms with Gasteiger partial charge in [0.2, 0.25) is 0 Å². The molecular formula is C22H23FN2O3. The third-order valence-electron chi connectivity index (χ3n) is 5.26. The molecule has 2 aromatic rings. The molecule has 5 nitrogen and oxygen atoms in total. The van der Waals surface area contributed by atoms with Gasteiger partial charge in [-0.3, -0.25) is 14.5 Å². The minimum Gasteiger partial charge on any atom is -0.319 e. The lowest BCUT2D eigenvalue weighted by molar-refractivity contribution is -0.130. The Morgan fingerprint density at radius 1 is 1.07 bits per heavy atom. The van der Waals surface area contributed by atoms with Gasteiger partial charge in [-0.15, -0.1) is 0 Å². The van der Waals surface area contributed by atoms with Crippen molar-refractivity contribution in [2.45, 2.75) is 39.2 Å². The van der Waals surface area contributed by atoms with E-state index >= 15 is 0 Å². The van der Waals surface area contributed by atoms with E-state index in [4.69, 9.17) is 0 Å². The van der Waals surface area contributed by atoms with E-state index < -0.39 is 23.3 Å². The highest BCUT2D eigenvalue weighted by atomic mass is 19.1. The van der Waals surface area contributed by atoms with Crippen molar-refractivity contribution in [3.05, 3.63) is 70.5 Å².